The number of nitrogen functional groups attached to an aromatic ring is 1. The van der Waals surface area contributed by atoms with E-state index in [0.717, 1.165) is 7.11 Å². The van der Waals surface area contributed by atoms with Crippen molar-refractivity contribution in [2.45, 2.75) is 6.10 Å². The van der Waals surface area contributed by atoms with Crippen LogP contribution < -0.4 is 15.8 Å². The molecule has 7 nitrogen and oxygen atoms in total. The molecule has 1 rings (SSSR count). The molecular formula is C12H16N2O5. The number of hydrogen-bond acceptors (Lipinski definition) is 6. The lowest BCUT2D eigenvalue weighted by Gasteiger charge is -2.12. The lowest BCUT2D eigenvalue weighted by Crippen LogP contribution is -2.37. The van der Waals surface area contributed by atoms with Crippen molar-refractivity contribution in [3.8, 4) is 5.75 Å². The Hall–Kier alpha value is -2.28. The molecule has 1 aromatic rings. The fraction of sp³-hybridized carbons (Fsp3) is 0.333. The molecule has 1 atom stereocenters. The number of esters is 1. The number of nitrogens with one attached hydrogen (secondary N) is 1. The van der Waals surface area contributed by atoms with Gasteiger partial charge in [-0.1, -0.05) is 6.07 Å². The Morgan fingerprint density at radius 3 is 2.68 bits per heavy atom. The Labute approximate surface area is 110 Å². The number of para-hydroxylation sites is 1. The standard InChI is InChI=1S/C12H16N2O5/c1-18-10-7(4-3-5-8(10)13)11(16)14-6-9(15)12(17)19-2/h3-5,9,15H,6,13H2,1-2H3,(H,14,16). The number of methoxy groups -OCH3 is 2. The molecule has 0 aliphatic rings. The van der Waals surface area contributed by atoms with Crippen LogP contribution in [0.4, 0.5) is 5.69 Å². The number of hydrogen-bond donors (Lipinski definition) is 3. The van der Waals surface area contributed by atoms with Gasteiger partial charge in [-0.2, -0.15) is 0 Å². The van der Waals surface area contributed by atoms with Crippen LogP contribution in [0, 0.1) is 0 Å². The van der Waals surface area contributed by atoms with Crippen LogP contribution in [0.3, 0.4) is 0 Å². The number of aliphatic hydroxyl groups is 1. The molecule has 0 bridgehead atoms. The van der Waals surface area contributed by atoms with Gasteiger partial charge in [0.25, 0.3) is 5.91 Å². The fourth-order valence-electron chi connectivity index (χ4n) is 1.47. The predicted octanol–water partition coefficient (Wildman–Crippen LogP) is -0.459. The minimum absolute atomic E-state index is 0.222. The van der Waals surface area contributed by atoms with Crippen molar-refractivity contribution in [2.75, 3.05) is 26.5 Å². The topological polar surface area (TPSA) is 111 Å². The molecule has 0 heterocycles. The Morgan fingerprint density at radius 1 is 1.42 bits per heavy atom. The molecule has 1 amide bonds. The quantitative estimate of drug-likeness (QED) is 0.492. The third-order valence-corrected chi connectivity index (χ3v) is 2.42. The van der Waals surface area contributed by atoms with Crippen molar-refractivity contribution in [1.82, 2.24) is 5.32 Å². The van der Waals surface area contributed by atoms with Crippen molar-refractivity contribution in [3.63, 3.8) is 0 Å². The summed E-state index contributed by atoms with van der Waals surface area (Å²) in [5.41, 5.74) is 6.21. The van der Waals surface area contributed by atoms with Crippen LogP contribution in [0.15, 0.2) is 18.2 Å². The molecule has 0 saturated heterocycles. The van der Waals surface area contributed by atoms with E-state index >= 15 is 0 Å². The van der Waals surface area contributed by atoms with Crippen LogP contribution in [0.5, 0.6) is 5.75 Å². The minimum Gasteiger partial charge on any atom is -0.494 e. The predicted molar refractivity (Wildman–Crippen MR) is 67.8 cm³/mol. The molecule has 1 aromatic carbocycles. The highest BCUT2D eigenvalue weighted by atomic mass is 16.5. The zero-order valence-corrected chi connectivity index (χ0v) is 10.7. The number of anilines is 1. The number of amides is 1. The van der Waals surface area contributed by atoms with Crippen molar-refractivity contribution >= 4 is 17.6 Å². The second-order valence-corrected chi connectivity index (χ2v) is 3.68. The highest BCUT2D eigenvalue weighted by Crippen LogP contribution is 2.25. The molecule has 0 aliphatic heterocycles. The summed E-state index contributed by atoms with van der Waals surface area (Å²) in [5.74, 6) is -1.08. The summed E-state index contributed by atoms with van der Waals surface area (Å²) in [5, 5.41) is 11.7. The van der Waals surface area contributed by atoms with E-state index in [1.807, 2.05) is 0 Å². The molecule has 0 saturated carbocycles. The molecular weight excluding hydrogens is 252 g/mol. The Kier molecular flexibility index (Phi) is 5.13. The van der Waals surface area contributed by atoms with Gasteiger partial charge in [-0.25, -0.2) is 4.79 Å². The lowest BCUT2D eigenvalue weighted by molar-refractivity contribution is -0.149. The first kappa shape index (κ1) is 14.8. The van der Waals surface area contributed by atoms with Gasteiger partial charge < -0.3 is 25.6 Å². The molecule has 0 radical (unpaired) electrons. The first-order chi connectivity index (χ1) is 9.01. The van der Waals surface area contributed by atoms with Crippen LogP contribution in [0.1, 0.15) is 10.4 Å². The van der Waals surface area contributed by atoms with Gasteiger partial charge in [-0.15, -0.1) is 0 Å². The minimum atomic E-state index is -1.42. The SMILES string of the molecule is COC(=O)C(O)CNC(=O)c1cccc(N)c1OC. The normalized spacial score (nSPS) is 11.5. The van der Waals surface area contributed by atoms with E-state index in [0.29, 0.717) is 5.69 Å². The molecule has 19 heavy (non-hydrogen) atoms. The molecule has 4 N–H and O–H groups in total. The first-order valence-corrected chi connectivity index (χ1v) is 5.47. The second kappa shape index (κ2) is 6.60. The Balaban J connectivity index is 2.74. The van der Waals surface area contributed by atoms with Crippen LogP contribution in [0.25, 0.3) is 0 Å². The van der Waals surface area contributed by atoms with E-state index in [1.54, 1.807) is 12.1 Å². The van der Waals surface area contributed by atoms with Crippen LogP contribution in [-0.2, 0) is 9.53 Å². The summed E-state index contributed by atoms with van der Waals surface area (Å²) in [4.78, 5) is 22.9. The molecule has 7 heteroatoms. The van der Waals surface area contributed by atoms with Crippen molar-refractivity contribution in [1.29, 1.82) is 0 Å². The first-order valence-electron chi connectivity index (χ1n) is 5.47. The highest BCUT2D eigenvalue weighted by Gasteiger charge is 2.19. The largest absolute Gasteiger partial charge is 0.494 e. The molecule has 0 fully saturated rings. The van der Waals surface area contributed by atoms with E-state index in [-0.39, 0.29) is 17.9 Å². The van der Waals surface area contributed by atoms with Gasteiger partial charge >= 0.3 is 5.97 Å². The van der Waals surface area contributed by atoms with Gasteiger partial charge in [0.2, 0.25) is 0 Å². The number of carbonyl (C=O) groups excluding carboxylic acids is 2. The smallest absolute Gasteiger partial charge is 0.336 e. The molecule has 1 unspecified atom stereocenters. The van der Waals surface area contributed by atoms with E-state index in [1.165, 1.54) is 13.2 Å². The lowest BCUT2D eigenvalue weighted by atomic mass is 10.1. The monoisotopic (exact) mass is 268 g/mol. The summed E-state index contributed by atoms with van der Waals surface area (Å²) >= 11 is 0. The number of rotatable bonds is 5. The van der Waals surface area contributed by atoms with E-state index in [4.69, 9.17) is 10.5 Å². The maximum absolute atomic E-state index is 11.9. The maximum Gasteiger partial charge on any atom is 0.336 e. The molecule has 0 spiro atoms. The Bertz CT molecular complexity index is 475. The molecule has 0 aliphatic carbocycles. The number of nitrogens with two attached hydrogens (primary N) is 1. The van der Waals surface area contributed by atoms with Gasteiger partial charge in [0.15, 0.2) is 11.9 Å². The fourth-order valence-corrected chi connectivity index (χ4v) is 1.47. The zero-order chi connectivity index (χ0) is 14.4. The van der Waals surface area contributed by atoms with E-state index < -0.39 is 18.0 Å². The number of benzene rings is 1. The maximum atomic E-state index is 11.9. The summed E-state index contributed by atoms with van der Waals surface area (Å²) in [6.45, 7) is -0.260. The average molecular weight is 268 g/mol. The summed E-state index contributed by atoms with van der Waals surface area (Å²) in [7, 11) is 2.54. The zero-order valence-electron chi connectivity index (χ0n) is 10.7. The van der Waals surface area contributed by atoms with Crippen molar-refractivity contribution < 1.29 is 24.2 Å². The summed E-state index contributed by atoms with van der Waals surface area (Å²) < 4.78 is 9.36. The average Bonchev–Trinajstić information content (AvgIpc) is 2.42. The van der Waals surface area contributed by atoms with Gasteiger partial charge in [-0.05, 0) is 12.1 Å². The highest BCUT2D eigenvalue weighted by molar-refractivity contribution is 5.98. The molecule has 104 valence electrons. The second-order valence-electron chi connectivity index (χ2n) is 3.68. The van der Waals surface area contributed by atoms with Crippen LogP contribution >= 0.6 is 0 Å². The third kappa shape index (κ3) is 3.59. The van der Waals surface area contributed by atoms with E-state index in [2.05, 4.69) is 10.1 Å². The number of carbonyl (C=O) groups is 2. The van der Waals surface area contributed by atoms with Crippen molar-refractivity contribution in [2.24, 2.45) is 0 Å². The van der Waals surface area contributed by atoms with Crippen LogP contribution in [-0.4, -0.2) is 43.9 Å². The number of aliphatic hydroxyl groups excluding tert-OH is 1. The van der Waals surface area contributed by atoms with Crippen LogP contribution in [0.2, 0.25) is 0 Å². The Morgan fingerprint density at radius 2 is 2.11 bits per heavy atom. The van der Waals surface area contributed by atoms with Gasteiger partial charge in [0.1, 0.15) is 0 Å². The summed E-state index contributed by atoms with van der Waals surface area (Å²) in [6.07, 6.45) is -1.42. The molecule has 0 aromatic heterocycles. The van der Waals surface area contributed by atoms with Gasteiger partial charge in [0, 0.05) is 0 Å². The number of ether oxygens (including phenoxy) is 2. The van der Waals surface area contributed by atoms with Crippen molar-refractivity contribution in [3.05, 3.63) is 23.8 Å². The summed E-state index contributed by atoms with van der Waals surface area (Å²) in [6, 6.07) is 4.72. The van der Waals surface area contributed by atoms with E-state index in [9.17, 15) is 14.7 Å². The van der Waals surface area contributed by atoms with Gasteiger partial charge in [0.05, 0.1) is 32.0 Å². The van der Waals surface area contributed by atoms with Gasteiger partial charge in [-0.3, -0.25) is 4.79 Å². The third-order valence-electron chi connectivity index (χ3n) is 2.42.